The fourth-order valence-corrected chi connectivity index (χ4v) is 2.83. The molecule has 4 aromatic rings. The molecule has 0 aliphatic carbocycles. The first-order chi connectivity index (χ1) is 13.0. The smallest absolute Gasteiger partial charge is 0.270 e. The standard InChI is InChI=1S/C20H13FN2O4/c1-12-17-9-13(5-7-20(17)27-22-12)18-11-15(23(24)25)6-8-19(18)26-16-4-2-3-14(21)10-16/h2-11H,1H3. The highest BCUT2D eigenvalue weighted by molar-refractivity contribution is 5.86. The lowest BCUT2D eigenvalue weighted by Crippen LogP contribution is -1.93. The molecule has 7 heteroatoms. The average molecular weight is 364 g/mol. The van der Waals surface area contributed by atoms with E-state index in [2.05, 4.69) is 5.16 Å². The monoisotopic (exact) mass is 364 g/mol. The zero-order valence-corrected chi connectivity index (χ0v) is 14.2. The lowest BCUT2D eigenvalue weighted by Gasteiger charge is -2.12. The van der Waals surface area contributed by atoms with E-state index in [-0.39, 0.29) is 5.69 Å². The zero-order valence-electron chi connectivity index (χ0n) is 14.2. The van der Waals surface area contributed by atoms with Gasteiger partial charge < -0.3 is 9.26 Å². The Labute approximate surface area is 152 Å². The fraction of sp³-hybridized carbons (Fsp3) is 0.0500. The predicted octanol–water partition coefficient (Wildman–Crippen LogP) is 5.64. The largest absolute Gasteiger partial charge is 0.457 e. The number of nitro benzene ring substituents is 1. The summed E-state index contributed by atoms with van der Waals surface area (Å²) in [4.78, 5) is 10.7. The van der Waals surface area contributed by atoms with E-state index in [1.54, 1.807) is 18.2 Å². The molecule has 134 valence electrons. The van der Waals surface area contributed by atoms with Crippen molar-refractivity contribution in [3.63, 3.8) is 0 Å². The van der Waals surface area contributed by atoms with Crippen LogP contribution >= 0.6 is 0 Å². The van der Waals surface area contributed by atoms with E-state index in [0.717, 1.165) is 5.39 Å². The second-order valence-electron chi connectivity index (χ2n) is 5.98. The van der Waals surface area contributed by atoms with Crippen molar-refractivity contribution in [2.24, 2.45) is 0 Å². The Bertz CT molecular complexity index is 1170. The number of fused-ring (bicyclic) bond motifs is 1. The first-order valence-corrected chi connectivity index (χ1v) is 8.09. The molecule has 0 aliphatic heterocycles. The molecule has 6 nitrogen and oxygen atoms in total. The van der Waals surface area contributed by atoms with Crippen LogP contribution in [0.15, 0.2) is 65.2 Å². The Balaban J connectivity index is 1.86. The summed E-state index contributed by atoms with van der Waals surface area (Å²) >= 11 is 0. The van der Waals surface area contributed by atoms with Crippen molar-refractivity contribution in [3.05, 3.63) is 82.3 Å². The number of halogens is 1. The second kappa shape index (κ2) is 6.53. The van der Waals surface area contributed by atoms with E-state index >= 15 is 0 Å². The Morgan fingerprint density at radius 2 is 1.96 bits per heavy atom. The third kappa shape index (κ3) is 3.22. The summed E-state index contributed by atoms with van der Waals surface area (Å²) in [6, 6.07) is 15.3. The van der Waals surface area contributed by atoms with Gasteiger partial charge in [-0.1, -0.05) is 17.3 Å². The summed E-state index contributed by atoms with van der Waals surface area (Å²) in [6.07, 6.45) is 0. The van der Waals surface area contributed by atoms with Crippen LogP contribution in [-0.4, -0.2) is 10.1 Å². The highest BCUT2D eigenvalue weighted by atomic mass is 19.1. The van der Waals surface area contributed by atoms with Gasteiger partial charge in [0.15, 0.2) is 5.58 Å². The minimum atomic E-state index is -0.474. The maximum absolute atomic E-state index is 13.5. The summed E-state index contributed by atoms with van der Waals surface area (Å²) in [5.74, 6) is 0.240. The summed E-state index contributed by atoms with van der Waals surface area (Å²) in [6.45, 7) is 1.81. The van der Waals surface area contributed by atoms with Gasteiger partial charge in [0.1, 0.15) is 17.3 Å². The number of hydrogen-bond acceptors (Lipinski definition) is 5. The van der Waals surface area contributed by atoms with Crippen molar-refractivity contribution < 1.29 is 18.6 Å². The van der Waals surface area contributed by atoms with Crippen LogP contribution in [-0.2, 0) is 0 Å². The molecule has 0 N–H and O–H groups in total. The molecular weight excluding hydrogens is 351 g/mol. The quantitative estimate of drug-likeness (QED) is 0.346. The van der Waals surface area contributed by atoms with Crippen molar-refractivity contribution in [3.8, 4) is 22.6 Å². The highest BCUT2D eigenvalue weighted by Crippen LogP contribution is 2.37. The van der Waals surface area contributed by atoms with Crippen LogP contribution in [0, 0.1) is 22.9 Å². The topological polar surface area (TPSA) is 78.4 Å². The van der Waals surface area contributed by atoms with Gasteiger partial charge in [-0.3, -0.25) is 10.1 Å². The van der Waals surface area contributed by atoms with Crippen LogP contribution in [0.25, 0.3) is 22.1 Å². The first kappa shape index (κ1) is 16.7. The van der Waals surface area contributed by atoms with E-state index in [0.29, 0.717) is 33.9 Å². The molecule has 0 bridgehead atoms. The molecule has 0 saturated heterocycles. The Kier molecular flexibility index (Phi) is 4.04. The first-order valence-electron chi connectivity index (χ1n) is 8.09. The van der Waals surface area contributed by atoms with Gasteiger partial charge in [0.2, 0.25) is 0 Å². The number of benzene rings is 3. The average Bonchev–Trinajstić information content (AvgIpc) is 3.02. The second-order valence-corrected chi connectivity index (χ2v) is 5.98. The van der Waals surface area contributed by atoms with Crippen LogP contribution in [0.1, 0.15) is 5.69 Å². The number of aryl methyl sites for hydroxylation is 1. The number of ether oxygens (including phenoxy) is 1. The Hall–Kier alpha value is -3.74. The number of hydrogen-bond donors (Lipinski definition) is 0. The van der Waals surface area contributed by atoms with Crippen molar-refractivity contribution in [1.82, 2.24) is 5.16 Å². The van der Waals surface area contributed by atoms with Gasteiger partial charge >= 0.3 is 0 Å². The number of nitro groups is 1. The normalized spacial score (nSPS) is 10.9. The van der Waals surface area contributed by atoms with Crippen molar-refractivity contribution in [2.45, 2.75) is 6.92 Å². The van der Waals surface area contributed by atoms with Crippen LogP contribution in [0.3, 0.4) is 0 Å². The molecule has 0 radical (unpaired) electrons. The van der Waals surface area contributed by atoms with E-state index in [4.69, 9.17) is 9.26 Å². The maximum Gasteiger partial charge on any atom is 0.270 e. The summed E-state index contributed by atoms with van der Waals surface area (Å²) in [5.41, 5.74) is 2.47. The van der Waals surface area contributed by atoms with Crippen molar-refractivity contribution in [2.75, 3.05) is 0 Å². The molecule has 0 saturated carbocycles. The molecule has 0 amide bonds. The minimum absolute atomic E-state index is 0.0706. The van der Waals surface area contributed by atoms with Gasteiger partial charge in [-0.2, -0.15) is 0 Å². The van der Waals surface area contributed by atoms with Crippen LogP contribution < -0.4 is 4.74 Å². The molecule has 0 spiro atoms. The zero-order chi connectivity index (χ0) is 19.0. The van der Waals surface area contributed by atoms with E-state index < -0.39 is 10.7 Å². The van der Waals surface area contributed by atoms with Crippen molar-refractivity contribution in [1.29, 1.82) is 0 Å². The number of non-ortho nitro benzene ring substituents is 1. The van der Waals surface area contributed by atoms with Crippen LogP contribution in [0.2, 0.25) is 0 Å². The van der Waals surface area contributed by atoms with Gasteiger partial charge in [-0.05, 0) is 42.8 Å². The molecule has 0 atom stereocenters. The lowest BCUT2D eigenvalue weighted by atomic mass is 10.0. The minimum Gasteiger partial charge on any atom is -0.457 e. The summed E-state index contributed by atoms with van der Waals surface area (Å²) in [7, 11) is 0. The number of aromatic nitrogens is 1. The summed E-state index contributed by atoms with van der Waals surface area (Å²) in [5, 5.41) is 15.9. The van der Waals surface area contributed by atoms with Gasteiger partial charge in [-0.25, -0.2) is 4.39 Å². The molecule has 27 heavy (non-hydrogen) atoms. The van der Waals surface area contributed by atoms with E-state index in [1.165, 1.54) is 36.4 Å². The van der Waals surface area contributed by atoms with E-state index in [9.17, 15) is 14.5 Å². The summed E-state index contributed by atoms with van der Waals surface area (Å²) < 4.78 is 24.5. The molecule has 1 aromatic heterocycles. The van der Waals surface area contributed by atoms with Crippen LogP contribution in [0.5, 0.6) is 11.5 Å². The molecule has 4 rings (SSSR count). The molecule has 0 fully saturated rings. The van der Waals surface area contributed by atoms with Gasteiger partial charge in [0.05, 0.1) is 10.6 Å². The third-order valence-corrected chi connectivity index (χ3v) is 4.16. The predicted molar refractivity (Wildman–Crippen MR) is 97.3 cm³/mol. The lowest BCUT2D eigenvalue weighted by molar-refractivity contribution is -0.384. The molecule has 0 unspecified atom stereocenters. The highest BCUT2D eigenvalue weighted by Gasteiger charge is 2.16. The fourth-order valence-electron chi connectivity index (χ4n) is 2.83. The van der Waals surface area contributed by atoms with Crippen LogP contribution in [0.4, 0.5) is 10.1 Å². The molecule has 0 aliphatic rings. The number of rotatable bonds is 4. The molecular formula is C20H13FN2O4. The van der Waals surface area contributed by atoms with E-state index in [1.807, 2.05) is 13.0 Å². The van der Waals surface area contributed by atoms with Gasteiger partial charge in [0, 0.05) is 29.1 Å². The Morgan fingerprint density at radius 1 is 1.11 bits per heavy atom. The van der Waals surface area contributed by atoms with Gasteiger partial charge in [-0.15, -0.1) is 0 Å². The number of nitrogens with zero attached hydrogens (tertiary/aromatic N) is 2. The Morgan fingerprint density at radius 3 is 2.74 bits per heavy atom. The molecule has 3 aromatic carbocycles. The molecule has 1 heterocycles. The maximum atomic E-state index is 13.5. The third-order valence-electron chi connectivity index (χ3n) is 4.16. The van der Waals surface area contributed by atoms with Crippen molar-refractivity contribution >= 4 is 16.7 Å². The SMILES string of the molecule is Cc1noc2ccc(-c3cc([N+](=O)[O-])ccc3Oc3cccc(F)c3)cc12. The van der Waals surface area contributed by atoms with Gasteiger partial charge in [0.25, 0.3) is 5.69 Å².